The summed E-state index contributed by atoms with van der Waals surface area (Å²) >= 11 is 0. The lowest BCUT2D eigenvalue weighted by Crippen LogP contribution is -2.16. The second-order valence-electron chi connectivity index (χ2n) is 2.60. The van der Waals surface area contributed by atoms with Crippen molar-refractivity contribution in [1.82, 2.24) is 9.97 Å². The Bertz CT molecular complexity index is 309. The molecule has 0 aliphatic carbocycles. The van der Waals surface area contributed by atoms with Crippen LogP contribution < -0.4 is 5.72 Å². The summed E-state index contributed by atoms with van der Waals surface area (Å²) in [7, 11) is 1.80. The molecule has 0 aliphatic heterocycles. The smallest absolute Gasteiger partial charge is 0.358 e. The number of hydrogen-bond donors (Lipinski definition) is 1. The summed E-state index contributed by atoms with van der Waals surface area (Å²) in [5.41, 5.74) is 1.81. The molecule has 0 aromatic carbocycles. The number of hydrogen-bond acceptors (Lipinski definition) is 3. The summed E-state index contributed by atoms with van der Waals surface area (Å²) in [6, 6.07) is 0. The highest BCUT2D eigenvalue weighted by Crippen LogP contribution is 2.01. The number of nitrogens with zero attached hydrogens (tertiary/aromatic N) is 1. The molecule has 69 valence electrons. The van der Waals surface area contributed by atoms with Gasteiger partial charge in [0.05, 0.1) is 12.3 Å². The molecule has 5 heteroatoms. The first-order valence-electron chi connectivity index (χ1n) is 4.22. The lowest BCUT2D eigenvalue weighted by molar-refractivity contribution is 0.0519. The van der Waals surface area contributed by atoms with E-state index in [0.717, 1.165) is 5.69 Å². The van der Waals surface area contributed by atoms with Crippen molar-refractivity contribution in [2.24, 2.45) is 0 Å². The predicted octanol–water partition coefficient (Wildman–Crippen LogP) is 0.272. The van der Waals surface area contributed by atoms with Crippen molar-refractivity contribution in [2.75, 3.05) is 6.61 Å². The monoisotopic (exact) mass is 179 g/mol. The number of rotatable bonds is 3. The first kappa shape index (κ1) is 9.83. The van der Waals surface area contributed by atoms with E-state index in [1.807, 2.05) is 6.82 Å². The highest BCUT2D eigenvalue weighted by molar-refractivity contribution is 6.49. The molecule has 0 unspecified atom stereocenters. The average molecular weight is 179 g/mol. The fourth-order valence-corrected chi connectivity index (χ4v) is 1.02. The van der Waals surface area contributed by atoms with Crippen molar-refractivity contribution in [3.63, 3.8) is 0 Å². The van der Waals surface area contributed by atoms with E-state index in [-0.39, 0.29) is 5.97 Å². The van der Waals surface area contributed by atoms with Gasteiger partial charge < -0.3 is 9.72 Å². The van der Waals surface area contributed by atoms with Gasteiger partial charge in [-0.3, -0.25) is 0 Å². The van der Waals surface area contributed by atoms with Crippen LogP contribution in [0.25, 0.3) is 0 Å². The third-order valence-corrected chi connectivity index (χ3v) is 1.65. The van der Waals surface area contributed by atoms with Crippen molar-refractivity contribution in [2.45, 2.75) is 20.7 Å². The normalized spacial score (nSPS) is 9.77. The number of imidazole rings is 1. The maximum absolute atomic E-state index is 11.3. The van der Waals surface area contributed by atoms with E-state index in [9.17, 15) is 4.79 Å². The Kier molecular flexibility index (Phi) is 3.11. The fourth-order valence-electron chi connectivity index (χ4n) is 1.02. The van der Waals surface area contributed by atoms with Gasteiger partial charge in [-0.15, -0.1) is 0 Å². The molecule has 0 aliphatic rings. The lowest BCUT2D eigenvalue weighted by atomic mass is 9.82. The van der Waals surface area contributed by atoms with Crippen LogP contribution in [0.4, 0.5) is 0 Å². The van der Waals surface area contributed by atoms with Crippen LogP contribution in [0.5, 0.6) is 0 Å². The van der Waals surface area contributed by atoms with Crippen LogP contribution in [0.3, 0.4) is 0 Å². The van der Waals surface area contributed by atoms with Gasteiger partial charge in [-0.05, 0) is 13.8 Å². The van der Waals surface area contributed by atoms with E-state index >= 15 is 0 Å². The fraction of sp³-hybridized carbons (Fsp3) is 0.500. The topological polar surface area (TPSA) is 55.0 Å². The highest BCUT2D eigenvalue weighted by atomic mass is 16.5. The molecule has 0 saturated heterocycles. The standard InChI is InChI=1S/C8H12BN2O2/c1-4-13-7(12)6-5(2)10-8(9-3)11-6/h4H2,1-3H3,(H,10,11). The van der Waals surface area contributed by atoms with E-state index in [1.165, 1.54) is 0 Å². The van der Waals surface area contributed by atoms with E-state index in [2.05, 4.69) is 9.97 Å². The Morgan fingerprint density at radius 2 is 2.38 bits per heavy atom. The number of carbonyl (C=O) groups excluding carboxylic acids is 1. The summed E-state index contributed by atoms with van der Waals surface area (Å²) in [5.74, 6) is -0.371. The van der Waals surface area contributed by atoms with E-state index in [4.69, 9.17) is 4.74 Å². The van der Waals surface area contributed by atoms with Gasteiger partial charge >= 0.3 is 5.97 Å². The Balaban J connectivity index is 2.87. The van der Waals surface area contributed by atoms with Crippen molar-refractivity contribution >= 4 is 19.0 Å². The van der Waals surface area contributed by atoms with Gasteiger partial charge in [0, 0.05) is 5.69 Å². The van der Waals surface area contributed by atoms with Crippen molar-refractivity contribution in [3.8, 4) is 0 Å². The number of H-pyrrole nitrogens is 1. The molecule has 0 bridgehead atoms. The molecule has 1 rings (SSSR count). The molecule has 0 fully saturated rings. The SMILES string of the molecule is C[B]c1nc(C(=O)OCC)c(C)[nH]1. The molecule has 1 heterocycles. The minimum Gasteiger partial charge on any atom is -0.461 e. The Morgan fingerprint density at radius 3 is 2.85 bits per heavy atom. The summed E-state index contributed by atoms with van der Waals surface area (Å²) in [5, 5.41) is 0. The molecule has 0 saturated carbocycles. The van der Waals surface area contributed by atoms with E-state index in [0.29, 0.717) is 18.0 Å². The molecule has 1 radical (unpaired) electrons. The number of carbonyl (C=O) groups is 1. The highest BCUT2D eigenvalue weighted by Gasteiger charge is 2.14. The van der Waals surface area contributed by atoms with Crippen LogP contribution in [0.1, 0.15) is 23.1 Å². The van der Waals surface area contributed by atoms with E-state index < -0.39 is 0 Å². The number of ether oxygens (including phenoxy) is 1. The summed E-state index contributed by atoms with van der Waals surface area (Å²) in [6.07, 6.45) is 0. The molecule has 4 nitrogen and oxygen atoms in total. The molecular formula is C8H12BN2O2. The van der Waals surface area contributed by atoms with Crippen molar-refractivity contribution < 1.29 is 9.53 Å². The molecule has 0 spiro atoms. The first-order chi connectivity index (χ1) is 6.19. The van der Waals surface area contributed by atoms with Crippen LogP contribution in [0.2, 0.25) is 6.82 Å². The van der Waals surface area contributed by atoms with Crippen LogP contribution in [-0.4, -0.2) is 29.8 Å². The Labute approximate surface area is 77.9 Å². The molecule has 0 atom stereocenters. The van der Waals surface area contributed by atoms with Gasteiger partial charge in [0.2, 0.25) is 0 Å². The summed E-state index contributed by atoms with van der Waals surface area (Å²) < 4.78 is 4.83. The number of esters is 1. The van der Waals surface area contributed by atoms with Gasteiger partial charge in [-0.2, -0.15) is 0 Å². The van der Waals surface area contributed by atoms with Crippen LogP contribution in [-0.2, 0) is 4.74 Å². The minimum absolute atomic E-state index is 0.370. The number of aromatic amines is 1. The van der Waals surface area contributed by atoms with Gasteiger partial charge in [0.1, 0.15) is 0 Å². The second-order valence-corrected chi connectivity index (χ2v) is 2.60. The van der Waals surface area contributed by atoms with Gasteiger partial charge in [-0.25, -0.2) is 9.78 Å². The zero-order valence-electron chi connectivity index (χ0n) is 8.05. The summed E-state index contributed by atoms with van der Waals surface area (Å²) in [4.78, 5) is 18.3. The second kappa shape index (κ2) is 4.12. The molecule has 1 aromatic rings. The Hall–Kier alpha value is -1.26. The predicted molar refractivity (Wildman–Crippen MR) is 50.5 cm³/mol. The molecule has 1 N–H and O–H groups in total. The van der Waals surface area contributed by atoms with Gasteiger partial charge in [-0.1, -0.05) is 6.82 Å². The zero-order chi connectivity index (χ0) is 9.84. The largest absolute Gasteiger partial charge is 0.461 e. The first-order valence-corrected chi connectivity index (χ1v) is 4.22. The quantitative estimate of drug-likeness (QED) is 0.535. The molecular weight excluding hydrogens is 167 g/mol. The van der Waals surface area contributed by atoms with E-state index in [1.54, 1.807) is 21.1 Å². The summed E-state index contributed by atoms with van der Waals surface area (Å²) in [6.45, 7) is 5.79. The minimum atomic E-state index is -0.371. The van der Waals surface area contributed by atoms with Crippen LogP contribution >= 0.6 is 0 Å². The van der Waals surface area contributed by atoms with Crippen molar-refractivity contribution in [1.29, 1.82) is 0 Å². The maximum atomic E-state index is 11.3. The maximum Gasteiger partial charge on any atom is 0.358 e. The number of aromatic nitrogens is 2. The average Bonchev–Trinajstić information content (AvgIpc) is 2.47. The third kappa shape index (κ3) is 2.11. The van der Waals surface area contributed by atoms with Gasteiger partial charge in [0.25, 0.3) is 0 Å². The Morgan fingerprint density at radius 1 is 1.69 bits per heavy atom. The van der Waals surface area contributed by atoms with Crippen LogP contribution in [0, 0.1) is 6.92 Å². The molecule has 1 aromatic heterocycles. The third-order valence-electron chi connectivity index (χ3n) is 1.65. The van der Waals surface area contributed by atoms with Crippen LogP contribution in [0.15, 0.2) is 0 Å². The molecule has 13 heavy (non-hydrogen) atoms. The van der Waals surface area contributed by atoms with Crippen molar-refractivity contribution in [3.05, 3.63) is 11.4 Å². The lowest BCUT2D eigenvalue weighted by Gasteiger charge is -1.97. The zero-order valence-corrected chi connectivity index (χ0v) is 8.05. The number of aryl methyl sites for hydroxylation is 1. The van der Waals surface area contributed by atoms with Gasteiger partial charge in [0.15, 0.2) is 13.0 Å². The molecule has 0 amide bonds. The number of nitrogens with one attached hydrogen (secondary N) is 1.